The summed E-state index contributed by atoms with van der Waals surface area (Å²) in [6.07, 6.45) is 1.56. The molecule has 0 saturated heterocycles. The Labute approximate surface area is 87.2 Å². The lowest BCUT2D eigenvalue weighted by Crippen LogP contribution is -2.41. The van der Waals surface area contributed by atoms with E-state index in [-0.39, 0.29) is 17.6 Å². The van der Waals surface area contributed by atoms with Gasteiger partial charge in [-0.2, -0.15) is 0 Å². The molecule has 0 heterocycles. The summed E-state index contributed by atoms with van der Waals surface area (Å²) in [4.78, 5) is 4.21. The number of hydrogen-bond acceptors (Lipinski definition) is 3. The number of rotatable bonds is 7. The van der Waals surface area contributed by atoms with Crippen molar-refractivity contribution in [2.75, 3.05) is 20.3 Å². The third kappa shape index (κ3) is 3.07. The summed E-state index contributed by atoms with van der Waals surface area (Å²) in [7, 11) is 1.68. The maximum Gasteiger partial charge on any atom is 0.0646 e. The normalized spacial score (nSPS) is 16.4. The third-order valence-corrected chi connectivity index (χ3v) is 3.34. The average molecular weight is 201 g/mol. The Morgan fingerprint density at radius 1 is 1.29 bits per heavy atom. The van der Waals surface area contributed by atoms with Gasteiger partial charge in [-0.3, -0.25) is 4.99 Å². The molecule has 3 nitrogen and oxygen atoms in total. The predicted octanol–water partition coefficient (Wildman–Crippen LogP) is 1.89. The van der Waals surface area contributed by atoms with Gasteiger partial charge in [0.05, 0.1) is 5.54 Å². The van der Waals surface area contributed by atoms with E-state index in [4.69, 9.17) is 9.84 Å². The van der Waals surface area contributed by atoms with Crippen LogP contribution in [0, 0.1) is 5.41 Å². The minimum absolute atomic E-state index is 0.0535. The molecule has 14 heavy (non-hydrogen) atoms. The number of methoxy groups -OCH3 is 1. The summed E-state index contributed by atoms with van der Waals surface area (Å²) in [5, 5.41) is 8.99. The van der Waals surface area contributed by atoms with Crippen molar-refractivity contribution in [3.8, 4) is 0 Å². The Hall–Kier alpha value is -0.410. The first-order valence-electron chi connectivity index (χ1n) is 5.01. The second-order valence-corrected chi connectivity index (χ2v) is 4.53. The molecule has 0 spiro atoms. The second kappa shape index (κ2) is 5.47. The van der Waals surface area contributed by atoms with Crippen molar-refractivity contribution in [1.82, 2.24) is 0 Å². The van der Waals surface area contributed by atoms with Gasteiger partial charge in [0, 0.05) is 20.3 Å². The van der Waals surface area contributed by atoms with Crippen molar-refractivity contribution in [3.63, 3.8) is 0 Å². The Bertz CT molecular complexity index is 180. The molecule has 0 aromatic heterocycles. The first-order chi connectivity index (χ1) is 6.43. The van der Waals surface area contributed by atoms with Crippen LogP contribution < -0.4 is 0 Å². The number of nitrogens with zero attached hydrogens (tertiary/aromatic N) is 1. The number of aliphatic hydroxyl groups is 1. The molecule has 0 fully saturated rings. The van der Waals surface area contributed by atoms with Gasteiger partial charge in [-0.1, -0.05) is 13.8 Å². The minimum atomic E-state index is -0.230. The van der Waals surface area contributed by atoms with E-state index in [0.29, 0.717) is 6.61 Å². The highest BCUT2D eigenvalue weighted by Crippen LogP contribution is 2.39. The lowest BCUT2D eigenvalue weighted by Gasteiger charge is -2.41. The number of aliphatic hydroxyl groups excluding tert-OH is 1. The molecular weight excluding hydrogens is 178 g/mol. The topological polar surface area (TPSA) is 41.8 Å². The largest absolute Gasteiger partial charge is 0.396 e. The van der Waals surface area contributed by atoms with Crippen LogP contribution in [-0.4, -0.2) is 37.7 Å². The quantitative estimate of drug-likeness (QED) is 0.639. The summed E-state index contributed by atoms with van der Waals surface area (Å²) in [5.74, 6) is 0. The van der Waals surface area contributed by atoms with E-state index in [0.717, 1.165) is 12.8 Å². The molecule has 0 amide bonds. The van der Waals surface area contributed by atoms with Crippen LogP contribution in [0.5, 0.6) is 0 Å². The Morgan fingerprint density at radius 3 is 2.21 bits per heavy atom. The molecule has 0 aliphatic heterocycles. The van der Waals surface area contributed by atoms with Crippen LogP contribution in [0.4, 0.5) is 0 Å². The Balaban J connectivity index is 4.55. The van der Waals surface area contributed by atoms with Gasteiger partial charge in [0.15, 0.2) is 0 Å². The van der Waals surface area contributed by atoms with Crippen molar-refractivity contribution in [3.05, 3.63) is 0 Å². The third-order valence-electron chi connectivity index (χ3n) is 3.34. The zero-order valence-electron chi connectivity index (χ0n) is 9.84. The van der Waals surface area contributed by atoms with Crippen LogP contribution in [0.2, 0.25) is 0 Å². The van der Waals surface area contributed by atoms with Crippen LogP contribution in [0.15, 0.2) is 4.99 Å². The summed E-state index contributed by atoms with van der Waals surface area (Å²) in [6.45, 7) is 10.8. The molecule has 84 valence electrons. The highest BCUT2D eigenvalue weighted by molar-refractivity contribution is 5.27. The van der Waals surface area contributed by atoms with Gasteiger partial charge in [-0.25, -0.2) is 0 Å². The molecule has 1 atom stereocenters. The van der Waals surface area contributed by atoms with Gasteiger partial charge >= 0.3 is 0 Å². The fourth-order valence-corrected chi connectivity index (χ4v) is 1.48. The van der Waals surface area contributed by atoms with E-state index in [1.807, 2.05) is 0 Å². The molecule has 0 bridgehead atoms. The monoisotopic (exact) mass is 201 g/mol. The van der Waals surface area contributed by atoms with Gasteiger partial charge < -0.3 is 9.84 Å². The summed E-state index contributed by atoms with van der Waals surface area (Å²) in [5.41, 5.74) is -0.284. The minimum Gasteiger partial charge on any atom is -0.396 e. The number of ether oxygens (including phenoxy) is 1. The molecule has 0 aromatic rings. The molecule has 0 aromatic carbocycles. The molecule has 1 N–H and O–H groups in total. The van der Waals surface area contributed by atoms with E-state index in [2.05, 4.69) is 32.5 Å². The van der Waals surface area contributed by atoms with E-state index in [1.54, 1.807) is 7.11 Å². The van der Waals surface area contributed by atoms with Gasteiger partial charge in [-0.05, 0) is 31.9 Å². The van der Waals surface area contributed by atoms with E-state index in [9.17, 15) is 0 Å². The van der Waals surface area contributed by atoms with E-state index >= 15 is 0 Å². The Kier molecular flexibility index (Phi) is 5.31. The summed E-state index contributed by atoms with van der Waals surface area (Å²) >= 11 is 0. The molecule has 0 radical (unpaired) electrons. The SMILES string of the molecule is C=NC(C)(CCOC)C(C)(C)CCO. The predicted molar refractivity (Wildman–Crippen MR) is 59.9 cm³/mol. The number of hydrogen-bond donors (Lipinski definition) is 1. The maximum absolute atomic E-state index is 8.99. The smallest absolute Gasteiger partial charge is 0.0646 e. The Morgan fingerprint density at radius 2 is 1.86 bits per heavy atom. The average Bonchev–Trinajstić information content (AvgIpc) is 2.13. The lowest BCUT2D eigenvalue weighted by molar-refractivity contribution is 0.0896. The van der Waals surface area contributed by atoms with Crippen molar-refractivity contribution in [2.45, 2.75) is 39.2 Å². The fraction of sp³-hybridized carbons (Fsp3) is 0.909. The van der Waals surface area contributed by atoms with Gasteiger partial charge in [0.25, 0.3) is 0 Å². The van der Waals surface area contributed by atoms with E-state index in [1.165, 1.54) is 0 Å². The first-order valence-corrected chi connectivity index (χ1v) is 5.01. The van der Waals surface area contributed by atoms with Gasteiger partial charge in [-0.15, -0.1) is 0 Å². The second-order valence-electron chi connectivity index (χ2n) is 4.53. The molecule has 0 rings (SSSR count). The van der Waals surface area contributed by atoms with Crippen LogP contribution in [0.1, 0.15) is 33.6 Å². The molecular formula is C11H23NO2. The van der Waals surface area contributed by atoms with Crippen molar-refractivity contribution in [2.24, 2.45) is 10.4 Å². The molecule has 0 saturated carbocycles. The van der Waals surface area contributed by atoms with Crippen LogP contribution in [-0.2, 0) is 4.74 Å². The van der Waals surface area contributed by atoms with Crippen molar-refractivity contribution >= 4 is 6.72 Å². The number of aliphatic imine (C=N–C) groups is 1. The zero-order valence-corrected chi connectivity index (χ0v) is 9.84. The highest BCUT2D eigenvalue weighted by atomic mass is 16.5. The first kappa shape index (κ1) is 13.6. The standard InChI is InChI=1S/C11H23NO2/c1-10(2,6-8-13)11(3,12-4)7-9-14-5/h13H,4,6-9H2,1-3,5H3. The summed E-state index contributed by atoms with van der Waals surface area (Å²) in [6, 6.07) is 0. The van der Waals surface area contributed by atoms with Crippen LogP contribution in [0.3, 0.4) is 0 Å². The molecule has 0 aliphatic carbocycles. The maximum atomic E-state index is 8.99. The van der Waals surface area contributed by atoms with Crippen molar-refractivity contribution in [1.29, 1.82) is 0 Å². The molecule has 0 aliphatic rings. The zero-order chi connectivity index (χ0) is 11.2. The van der Waals surface area contributed by atoms with Crippen LogP contribution in [0.25, 0.3) is 0 Å². The fourth-order valence-electron chi connectivity index (χ4n) is 1.48. The summed E-state index contributed by atoms with van der Waals surface area (Å²) < 4.78 is 5.06. The van der Waals surface area contributed by atoms with Crippen molar-refractivity contribution < 1.29 is 9.84 Å². The van der Waals surface area contributed by atoms with E-state index < -0.39 is 0 Å². The van der Waals surface area contributed by atoms with Crippen LogP contribution >= 0.6 is 0 Å². The highest BCUT2D eigenvalue weighted by Gasteiger charge is 2.39. The van der Waals surface area contributed by atoms with Gasteiger partial charge in [0.1, 0.15) is 0 Å². The van der Waals surface area contributed by atoms with Gasteiger partial charge in [0.2, 0.25) is 0 Å². The lowest BCUT2D eigenvalue weighted by atomic mass is 9.70. The molecule has 3 heteroatoms. The molecule has 1 unspecified atom stereocenters.